The van der Waals surface area contributed by atoms with Crippen molar-refractivity contribution in [3.05, 3.63) is 57.6 Å². The minimum absolute atomic E-state index is 0.113. The summed E-state index contributed by atoms with van der Waals surface area (Å²) in [5, 5.41) is 5.45. The summed E-state index contributed by atoms with van der Waals surface area (Å²) in [6.07, 6.45) is 0. The van der Waals surface area contributed by atoms with Crippen LogP contribution in [0.5, 0.6) is 5.75 Å². The summed E-state index contributed by atoms with van der Waals surface area (Å²) in [5.74, 6) is 0.821. The van der Waals surface area contributed by atoms with Gasteiger partial charge in [-0.15, -0.1) is 0 Å². The number of benzene rings is 2. The molecule has 22 heavy (non-hydrogen) atoms. The van der Waals surface area contributed by atoms with Gasteiger partial charge >= 0.3 is 6.03 Å². The molecule has 0 heterocycles. The molecule has 2 N–H and O–H groups in total. The Kier molecular flexibility index (Phi) is 5.44. The lowest BCUT2D eigenvalue weighted by Gasteiger charge is -2.15. The number of anilines is 1. The van der Waals surface area contributed by atoms with Crippen molar-refractivity contribution in [2.24, 2.45) is 0 Å². The van der Waals surface area contributed by atoms with Gasteiger partial charge in [-0.1, -0.05) is 24.3 Å². The third kappa shape index (κ3) is 4.01. The SMILES string of the molecule is Cc1ccc(C)c(OCNC(=O)Nc2ccccc2Br)c1C. The van der Waals surface area contributed by atoms with Crippen molar-refractivity contribution >= 4 is 27.6 Å². The summed E-state index contributed by atoms with van der Waals surface area (Å²) in [7, 11) is 0. The summed E-state index contributed by atoms with van der Waals surface area (Å²) in [6, 6.07) is 11.2. The fourth-order valence-corrected chi connectivity index (χ4v) is 2.43. The highest BCUT2D eigenvalue weighted by Crippen LogP contribution is 2.25. The molecular weight excluding hydrogens is 344 g/mol. The van der Waals surface area contributed by atoms with Gasteiger partial charge in [-0.05, 0) is 65.5 Å². The molecule has 0 saturated carbocycles. The second-order valence-electron chi connectivity index (χ2n) is 5.05. The number of rotatable bonds is 4. The first-order valence-electron chi connectivity index (χ1n) is 6.98. The first-order chi connectivity index (χ1) is 10.5. The van der Waals surface area contributed by atoms with Crippen LogP contribution in [0.1, 0.15) is 16.7 Å². The van der Waals surface area contributed by atoms with Crippen LogP contribution < -0.4 is 15.4 Å². The number of carbonyl (C=O) groups is 1. The molecule has 116 valence electrons. The molecule has 0 saturated heterocycles. The van der Waals surface area contributed by atoms with Crippen LogP contribution in [0.15, 0.2) is 40.9 Å². The number of ether oxygens (including phenoxy) is 1. The van der Waals surface area contributed by atoms with Crippen molar-refractivity contribution in [3.63, 3.8) is 0 Å². The summed E-state index contributed by atoms with van der Waals surface area (Å²) in [5.41, 5.74) is 4.02. The van der Waals surface area contributed by atoms with Gasteiger partial charge in [0.2, 0.25) is 0 Å². The molecule has 0 aliphatic carbocycles. The predicted molar refractivity (Wildman–Crippen MR) is 92.4 cm³/mol. The maximum atomic E-state index is 11.9. The zero-order valence-electron chi connectivity index (χ0n) is 12.9. The van der Waals surface area contributed by atoms with E-state index in [9.17, 15) is 4.79 Å². The zero-order chi connectivity index (χ0) is 16.1. The fraction of sp³-hybridized carbons (Fsp3) is 0.235. The van der Waals surface area contributed by atoms with E-state index in [1.807, 2.05) is 51.1 Å². The molecule has 0 aliphatic rings. The summed E-state index contributed by atoms with van der Waals surface area (Å²) in [4.78, 5) is 11.9. The number of urea groups is 1. The Bertz CT molecular complexity index is 686. The average Bonchev–Trinajstić information content (AvgIpc) is 2.49. The van der Waals surface area contributed by atoms with E-state index in [4.69, 9.17) is 4.74 Å². The molecular formula is C17H19BrN2O2. The van der Waals surface area contributed by atoms with Gasteiger partial charge in [0, 0.05) is 4.47 Å². The second kappa shape index (κ2) is 7.31. The molecule has 2 aromatic rings. The van der Waals surface area contributed by atoms with Gasteiger partial charge in [0.25, 0.3) is 0 Å². The summed E-state index contributed by atoms with van der Waals surface area (Å²) < 4.78 is 6.53. The molecule has 0 radical (unpaired) electrons. The minimum atomic E-state index is -0.310. The van der Waals surface area contributed by atoms with Gasteiger partial charge in [-0.25, -0.2) is 4.79 Å². The van der Waals surface area contributed by atoms with Gasteiger partial charge in [-0.2, -0.15) is 0 Å². The lowest BCUT2D eigenvalue weighted by Crippen LogP contribution is -2.32. The van der Waals surface area contributed by atoms with Crippen LogP contribution in [-0.2, 0) is 0 Å². The molecule has 4 nitrogen and oxygen atoms in total. The Morgan fingerprint density at radius 3 is 2.50 bits per heavy atom. The third-order valence-electron chi connectivity index (χ3n) is 3.44. The second-order valence-corrected chi connectivity index (χ2v) is 5.91. The van der Waals surface area contributed by atoms with Gasteiger partial charge in [0.1, 0.15) is 5.75 Å². The predicted octanol–water partition coefficient (Wildman–Crippen LogP) is 4.53. The average molecular weight is 363 g/mol. The van der Waals surface area contributed by atoms with E-state index in [0.717, 1.165) is 21.3 Å². The highest BCUT2D eigenvalue weighted by Gasteiger charge is 2.08. The lowest BCUT2D eigenvalue weighted by molar-refractivity contribution is 0.234. The maximum absolute atomic E-state index is 11.9. The van der Waals surface area contributed by atoms with Crippen molar-refractivity contribution in [2.75, 3.05) is 12.0 Å². The number of halogens is 1. The molecule has 0 fully saturated rings. The standard InChI is InChI=1S/C17H19BrN2O2/c1-11-8-9-12(2)16(13(11)3)22-10-19-17(21)20-15-7-5-4-6-14(15)18/h4-9H,10H2,1-3H3,(H2,19,20,21). The van der Waals surface area contributed by atoms with Crippen LogP contribution in [0.3, 0.4) is 0 Å². The number of amides is 2. The molecule has 0 aromatic heterocycles. The van der Waals surface area contributed by atoms with Gasteiger partial charge in [-0.3, -0.25) is 0 Å². The molecule has 2 amide bonds. The molecule has 0 atom stereocenters. The number of para-hydroxylation sites is 1. The largest absolute Gasteiger partial charge is 0.473 e. The van der Waals surface area contributed by atoms with Crippen molar-refractivity contribution in [2.45, 2.75) is 20.8 Å². The molecule has 5 heteroatoms. The van der Waals surface area contributed by atoms with E-state index < -0.39 is 0 Å². The quantitative estimate of drug-likeness (QED) is 0.784. The van der Waals surface area contributed by atoms with E-state index >= 15 is 0 Å². The smallest absolute Gasteiger partial charge is 0.321 e. The Labute approximate surface area is 139 Å². The number of nitrogens with one attached hydrogen (secondary N) is 2. The first kappa shape index (κ1) is 16.4. The van der Waals surface area contributed by atoms with Gasteiger partial charge in [0.05, 0.1) is 5.69 Å². The topological polar surface area (TPSA) is 50.4 Å². The Hall–Kier alpha value is -2.01. The van der Waals surface area contributed by atoms with Crippen molar-refractivity contribution in [1.29, 1.82) is 0 Å². The Morgan fingerprint density at radius 1 is 1.09 bits per heavy atom. The van der Waals surface area contributed by atoms with E-state index in [1.165, 1.54) is 5.56 Å². The van der Waals surface area contributed by atoms with E-state index in [2.05, 4.69) is 32.6 Å². The lowest BCUT2D eigenvalue weighted by atomic mass is 10.1. The van der Waals surface area contributed by atoms with Crippen molar-refractivity contribution in [3.8, 4) is 5.75 Å². The van der Waals surface area contributed by atoms with Crippen LogP contribution >= 0.6 is 15.9 Å². The van der Waals surface area contributed by atoms with Crippen LogP contribution in [-0.4, -0.2) is 12.8 Å². The van der Waals surface area contributed by atoms with Crippen molar-refractivity contribution in [1.82, 2.24) is 5.32 Å². The highest BCUT2D eigenvalue weighted by molar-refractivity contribution is 9.10. The van der Waals surface area contributed by atoms with Crippen LogP contribution in [0.4, 0.5) is 10.5 Å². The van der Waals surface area contributed by atoms with E-state index in [1.54, 1.807) is 0 Å². The normalized spacial score (nSPS) is 10.2. The minimum Gasteiger partial charge on any atom is -0.473 e. The Morgan fingerprint density at radius 2 is 1.77 bits per heavy atom. The zero-order valence-corrected chi connectivity index (χ0v) is 14.5. The molecule has 0 unspecified atom stereocenters. The Balaban J connectivity index is 1.90. The first-order valence-corrected chi connectivity index (χ1v) is 7.77. The third-order valence-corrected chi connectivity index (χ3v) is 4.14. The fourth-order valence-electron chi connectivity index (χ4n) is 2.05. The summed E-state index contributed by atoms with van der Waals surface area (Å²) in [6.45, 7) is 6.15. The number of hydrogen-bond acceptors (Lipinski definition) is 2. The maximum Gasteiger partial charge on any atom is 0.321 e. The number of carbonyl (C=O) groups excluding carboxylic acids is 1. The molecule has 2 aromatic carbocycles. The molecule has 0 spiro atoms. The van der Waals surface area contributed by atoms with Crippen LogP contribution in [0, 0.1) is 20.8 Å². The van der Waals surface area contributed by atoms with E-state index in [-0.39, 0.29) is 12.8 Å². The molecule has 0 aliphatic heterocycles. The molecule has 2 rings (SSSR count). The van der Waals surface area contributed by atoms with Crippen LogP contribution in [0.25, 0.3) is 0 Å². The van der Waals surface area contributed by atoms with Crippen LogP contribution in [0.2, 0.25) is 0 Å². The van der Waals surface area contributed by atoms with Gasteiger partial charge < -0.3 is 15.4 Å². The highest BCUT2D eigenvalue weighted by atomic mass is 79.9. The molecule has 0 bridgehead atoms. The summed E-state index contributed by atoms with van der Waals surface area (Å²) >= 11 is 3.38. The number of hydrogen-bond donors (Lipinski definition) is 2. The van der Waals surface area contributed by atoms with E-state index in [0.29, 0.717) is 5.69 Å². The number of aryl methyl sites for hydroxylation is 2. The monoisotopic (exact) mass is 362 g/mol. The van der Waals surface area contributed by atoms with Gasteiger partial charge in [0.15, 0.2) is 6.73 Å². The van der Waals surface area contributed by atoms with Crippen molar-refractivity contribution < 1.29 is 9.53 Å².